The minimum absolute atomic E-state index is 0.215. The number of hydrogen-bond donors (Lipinski definition) is 1. The molecule has 1 N–H and O–H groups in total. The van der Waals surface area contributed by atoms with Gasteiger partial charge in [0, 0.05) is 35.3 Å². The van der Waals surface area contributed by atoms with E-state index in [1.807, 2.05) is 43.3 Å². The summed E-state index contributed by atoms with van der Waals surface area (Å²) in [5.74, 6) is 0. The number of halogens is 2. The predicted molar refractivity (Wildman–Crippen MR) is 96.6 cm³/mol. The molecule has 0 fully saturated rings. The van der Waals surface area contributed by atoms with Gasteiger partial charge in [-0.05, 0) is 51.8 Å². The van der Waals surface area contributed by atoms with E-state index in [1.165, 1.54) is 0 Å². The van der Waals surface area contributed by atoms with Gasteiger partial charge in [0.1, 0.15) is 0 Å². The Labute approximate surface area is 147 Å². The summed E-state index contributed by atoms with van der Waals surface area (Å²) in [5.41, 5.74) is 1.97. The lowest BCUT2D eigenvalue weighted by atomic mass is 10.2. The normalized spacial score (nSPS) is 11.5. The van der Waals surface area contributed by atoms with Crippen LogP contribution in [0.4, 0.5) is 5.69 Å². The first-order chi connectivity index (χ1) is 10.3. The number of sulfonamides is 1. The molecule has 22 heavy (non-hydrogen) atoms. The predicted octanol–water partition coefficient (Wildman–Crippen LogP) is 3.76. The Hall–Kier alpha value is -0.890. The van der Waals surface area contributed by atoms with Crippen LogP contribution in [0.15, 0.2) is 56.3 Å². The fourth-order valence-corrected chi connectivity index (χ4v) is 4.37. The van der Waals surface area contributed by atoms with Gasteiger partial charge in [0.2, 0.25) is 10.0 Å². The van der Waals surface area contributed by atoms with Gasteiger partial charge in [0.25, 0.3) is 0 Å². The zero-order valence-electron chi connectivity index (χ0n) is 12.2. The summed E-state index contributed by atoms with van der Waals surface area (Å²) >= 11 is 6.56. The van der Waals surface area contributed by atoms with Crippen LogP contribution in [0.1, 0.15) is 5.56 Å². The highest BCUT2D eigenvalue weighted by Gasteiger charge is 2.17. The maximum Gasteiger partial charge on any atom is 0.242 e. The molecular formula is C15H16Br2N2O2S. The molecule has 0 aliphatic carbocycles. The Kier molecular flexibility index (Phi) is 5.65. The van der Waals surface area contributed by atoms with Crippen LogP contribution in [0.25, 0.3) is 0 Å². The Bertz CT molecular complexity index is 760. The van der Waals surface area contributed by atoms with Crippen LogP contribution in [-0.4, -0.2) is 22.5 Å². The molecule has 0 aromatic heterocycles. The number of nitrogens with zero attached hydrogens (tertiary/aromatic N) is 1. The van der Waals surface area contributed by atoms with Gasteiger partial charge in [0.15, 0.2) is 0 Å². The van der Waals surface area contributed by atoms with E-state index in [2.05, 4.69) is 36.6 Å². The molecule has 0 atom stereocenters. The second kappa shape index (κ2) is 7.12. The highest BCUT2D eigenvalue weighted by Crippen LogP contribution is 2.25. The fraction of sp³-hybridized carbons (Fsp3) is 0.200. The standard InChI is InChI=1S/C15H16Br2N2O2S/c1-19(2)13-6-3-11(4-7-13)10-18-22(20,21)15-9-12(16)5-8-14(15)17/h3-9,18H,10H2,1-2H3. The molecule has 2 aromatic carbocycles. The Morgan fingerprint density at radius 2 is 1.68 bits per heavy atom. The van der Waals surface area contributed by atoms with Gasteiger partial charge >= 0.3 is 0 Å². The number of rotatable bonds is 5. The minimum atomic E-state index is -3.58. The van der Waals surface area contributed by atoms with Crippen molar-refractivity contribution in [3.63, 3.8) is 0 Å². The van der Waals surface area contributed by atoms with Crippen LogP contribution in [0.2, 0.25) is 0 Å². The molecule has 0 saturated heterocycles. The molecular weight excluding hydrogens is 432 g/mol. The molecule has 0 bridgehead atoms. The smallest absolute Gasteiger partial charge is 0.242 e. The topological polar surface area (TPSA) is 49.4 Å². The van der Waals surface area contributed by atoms with Crippen molar-refractivity contribution in [1.29, 1.82) is 0 Å². The number of hydrogen-bond acceptors (Lipinski definition) is 3. The third-order valence-corrected chi connectivity index (χ3v) is 5.99. The molecule has 2 rings (SSSR count). The molecule has 7 heteroatoms. The molecule has 0 aliphatic rings. The monoisotopic (exact) mass is 446 g/mol. The summed E-state index contributed by atoms with van der Waals surface area (Å²) < 4.78 is 28.6. The molecule has 0 amide bonds. The zero-order valence-corrected chi connectivity index (χ0v) is 16.2. The van der Waals surface area contributed by atoms with Crippen molar-refractivity contribution < 1.29 is 8.42 Å². The van der Waals surface area contributed by atoms with E-state index in [4.69, 9.17) is 0 Å². The van der Waals surface area contributed by atoms with E-state index in [0.29, 0.717) is 8.95 Å². The van der Waals surface area contributed by atoms with Crippen LogP contribution in [0, 0.1) is 0 Å². The van der Waals surface area contributed by atoms with Crippen molar-refractivity contribution in [1.82, 2.24) is 4.72 Å². The SMILES string of the molecule is CN(C)c1ccc(CNS(=O)(=O)c2cc(Br)ccc2Br)cc1. The van der Waals surface area contributed by atoms with Gasteiger partial charge in [-0.1, -0.05) is 28.1 Å². The van der Waals surface area contributed by atoms with Crippen LogP contribution < -0.4 is 9.62 Å². The van der Waals surface area contributed by atoms with Crippen LogP contribution in [-0.2, 0) is 16.6 Å². The third kappa shape index (κ3) is 4.32. The van der Waals surface area contributed by atoms with E-state index < -0.39 is 10.0 Å². The van der Waals surface area contributed by atoms with Gasteiger partial charge in [0.05, 0.1) is 4.90 Å². The third-order valence-electron chi connectivity index (χ3n) is 3.10. The molecule has 118 valence electrons. The Morgan fingerprint density at radius 1 is 1.05 bits per heavy atom. The summed E-state index contributed by atoms with van der Waals surface area (Å²) in [6.45, 7) is 0.245. The zero-order chi connectivity index (χ0) is 16.3. The quantitative estimate of drug-likeness (QED) is 0.759. The molecule has 0 radical (unpaired) electrons. The van der Waals surface area contributed by atoms with E-state index in [0.717, 1.165) is 11.3 Å². The van der Waals surface area contributed by atoms with Gasteiger partial charge in [-0.15, -0.1) is 0 Å². The first-order valence-electron chi connectivity index (χ1n) is 6.50. The Balaban J connectivity index is 2.14. The van der Waals surface area contributed by atoms with Crippen molar-refractivity contribution in [2.24, 2.45) is 0 Å². The summed E-state index contributed by atoms with van der Waals surface area (Å²) in [6, 6.07) is 12.8. The van der Waals surface area contributed by atoms with Crippen molar-refractivity contribution in [3.8, 4) is 0 Å². The molecule has 0 aliphatic heterocycles. The molecule has 0 spiro atoms. The van der Waals surface area contributed by atoms with Crippen molar-refractivity contribution >= 4 is 47.6 Å². The summed E-state index contributed by atoms with van der Waals surface area (Å²) in [5, 5.41) is 0. The van der Waals surface area contributed by atoms with Crippen molar-refractivity contribution in [3.05, 3.63) is 57.0 Å². The van der Waals surface area contributed by atoms with E-state index in [-0.39, 0.29) is 11.4 Å². The van der Waals surface area contributed by atoms with Crippen molar-refractivity contribution in [2.45, 2.75) is 11.4 Å². The lowest BCUT2D eigenvalue weighted by Gasteiger charge is -2.13. The lowest BCUT2D eigenvalue weighted by molar-refractivity contribution is 0.581. The van der Waals surface area contributed by atoms with Crippen molar-refractivity contribution in [2.75, 3.05) is 19.0 Å². The van der Waals surface area contributed by atoms with E-state index in [1.54, 1.807) is 18.2 Å². The summed E-state index contributed by atoms with van der Waals surface area (Å²) in [7, 11) is 0.346. The van der Waals surface area contributed by atoms with Gasteiger partial charge < -0.3 is 4.90 Å². The van der Waals surface area contributed by atoms with Crippen LogP contribution >= 0.6 is 31.9 Å². The van der Waals surface area contributed by atoms with Crippen LogP contribution in [0.5, 0.6) is 0 Å². The average molecular weight is 448 g/mol. The average Bonchev–Trinajstić information content (AvgIpc) is 2.48. The number of nitrogens with one attached hydrogen (secondary N) is 1. The lowest BCUT2D eigenvalue weighted by Crippen LogP contribution is -2.23. The van der Waals surface area contributed by atoms with Gasteiger partial charge in [-0.25, -0.2) is 13.1 Å². The number of benzene rings is 2. The van der Waals surface area contributed by atoms with Crippen LogP contribution in [0.3, 0.4) is 0 Å². The maximum absolute atomic E-state index is 12.4. The first-order valence-corrected chi connectivity index (χ1v) is 9.57. The minimum Gasteiger partial charge on any atom is -0.378 e. The van der Waals surface area contributed by atoms with Gasteiger partial charge in [-0.2, -0.15) is 0 Å². The second-order valence-electron chi connectivity index (χ2n) is 4.96. The molecule has 0 unspecified atom stereocenters. The Morgan fingerprint density at radius 3 is 2.27 bits per heavy atom. The van der Waals surface area contributed by atoms with Gasteiger partial charge in [-0.3, -0.25) is 0 Å². The molecule has 2 aromatic rings. The highest BCUT2D eigenvalue weighted by molar-refractivity contribution is 9.11. The summed E-state index contributed by atoms with van der Waals surface area (Å²) in [4.78, 5) is 2.21. The summed E-state index contributed by atoms with van der Waals surface area (Å²) in [6.07, 6.45) is 0. The molecule has 4 nitrogen and oxygen atoms in total. The number of anilines is 1. The molecule has 0 heterocycles. The first kappa shape index (κ1) is 17.5. The second-order valence-corrected chi connectivity index (χ2v) is 8.47. The maximum atomic E-state index is 12.4. The van der Waals surface area contributed by atoms with E-state index >= 15 is 0 Å². The van der Waals surface area contributed by atoms with E-state index in [9.17, 15) is 8.42 Å². The fourth-order valence-electron chi connectivity index (χ4n) is 1.85. The molecule has 0 saturated carbocycles. The highest BCUT2D eigenvalue weighted by atomic mass is 79.9. The largest absolute Gasteiger partial charge is 0.378 e.